The average Bonchev–Trinajstić information content (AvgIpc) is 2.78. The molecule has 0 saturated heterocycles. The quantitative estimate of drug-likeness (QED) is 0.590. The number of methoxy groups -OCH3 is 1. The molecule has 0 aliphatic heterocycles. The highest BCUT2D eigenvalue weighted by Gasteiger charge is 2.26. The topological polar surface area (TPSA) is 102 Å². The minimum Gasteiger partial charge on any atom is -0.497 e. The zero-order chi connectivity index (χ0) is 22.5. The van der Waals surface area contributed by atoms with Crippen molar-refractivity contribution in [3.8, 4) is 23.4 Å². The Bertz CT molecular complexity index is 1220. The molecule has 0 radical (unpaired) electrons. The number of rotatable bonds is 7. The van der Waals surface area contributed by atoms with E-state index in [0.717, 1.165) is 4.57 Å². The number of carbonyl (C=O) groups excluding carboxylic acids is 1. The van der Waals surface area contributed by atoms with E-state index in [1.807, 2.05) is 6.07 Å². The van der Waals surface area contributed by atoms with Crippen LogP contribution in [0.2, 0.25) is 0 Å². The molecule has 7 nitrogen and oxygen atoms in total. The maximum atomic E-state index is 13.4. The maximum absolute atomic E-state index is 13.4. The van der Waals surface area contributed by atoms with Gasteiger partial charge in [-0.3, -0.25) is 14.2 Å². The Hall–Kier alpha value is -4.05. The Morgan fingerprint density at radius 3 is 2.45 bits per heavy atom. The predicted molar refractivity (Wildman–Crippen MR) is 115 cm³/mol. The molecule has 1 aromatic heterocycles. The lowest BCUT2D eigenvalue weighted by atomic mass is 9.96. The molecule has 7 heteroatoms. The van der Waals surface area contributed by atoms with Gasteiger partial charge >= 0.3 is 0 Å². The smallest absolute Gasteiger partial charge is 0.271 e. The van der Waals surface area contributed by atoms with Crippen LogP contribution in [0.15, 0.2) is 53.3 Å². The lowest BCUT2D eigenvalue weighted by molar-refractivity contribution is 0.103. The summed E-state index contributed by atoms with van der Waals surface area (Å²) in [6, 6.07) is 15.4. The van der Waals surface area contributed by atoms with Gasteiger partial charge in [0.1, 0.15) is 23.1 Å². The van der Waals surface area contributed by atoms with Crippen LogP contribution in [-0.2, 0) is 6.54 Å². The number of hydrogen-bond donors (Lipinski definition) is 1. The van der Waals surface area contributed by atoms with Gasteiger partial charge in [0, 0.05) is 0 Å². The zero-order valence-corrected chi connectivity index (χ0v) is 17.5. The Kier molecular flexibility index (Phi) is 6.41. The number of carbonyl (C=O) groups is 1. The molecule has 0 bridgehead atoms. The van der Waals surface area contributed by atoms with Gasteiger partial charge in [0.15, 0.2) is 0 Å². The summed E-state index contributed by atoms with van der Waals surface area (Å²) in [5.74, 6) is -0.0156. The number of aromatic nitrogens is 1. The summed E-state index contributed by atoms with van der Waals surface area (Å²) in [5, 5.41) is 20.5. The molecule has 2 aromatic carbocycles. The molecule has 0 saturated carbocycles. The van der Waals surface area contributed by atoms with Crippen LogP contribution in [-0.4, -0.2) is 29.2 Å². The molecular weight excluding hydrogens is 396 g/mol. The van der Waals surface area contributed by atoms with Crippen molar-refractivity contribution in [3.63, 3.8) is 0 Å². The standard InChI is InChI=1S/C24H22N2O5/c1-4-31-20-8-6-5-7-18(20)22(27)21-15(2)19(13-25)23(28)26(24(21)29)14-16-9-11-17(30-3)12-10-16/h5-12,29H,4,14H2,1-3H3. The van der Waals surface area contributed by atoms with Crippen LogP contribution in [0.5, 0.6) is 17.4 Å². The molecular formula is C24H22N2O5. The molecule has 31 heavy (non-hydrogen) atoms. The Labute approximate surface area is 179 Å². The van der Waals surface area contributed by atoms with Crippen molar-refractivity contribution in [1.82, 2.24) is 4.57 Å². The van der Waals surface area contributed by atoms with Gasteiger partial charge in [-0.1, -0.05) is 24.3 Å². The third-order valence-electron chi connectivity index (χ3n) is 4.96. The van der Waals surface area contributed by atoms with Crippen LogP contribution >= 0.6 is 0 Å². The van der Waals surface area contributed by atoms with Crippen LogP contribution in [0.3, 0.4) is 0 Å². The number of ketones is 1. The summed E-state index contributed by atoms with van der Waals surface area (Å²) >= 11 is 0. The molecule has 0 aliphatic rings. The van der Waals surface area contributed by atoms with E-state index in [-0.39, 0.29) is 28.8 Å². The van der Waals surface area contributed by atoms with Crippen LogP contribution in [0.25, 0.3) is 0 Å². The number of aromatic hydroxyl groups is 1. The number of nitriles is 1. The molecule has 0 atom stereocenters. The van der Waals surface area contributed by atoms with E-state index in [9.17, 15) is 20.0 Å². The normalized spacial score (nSPS) is 10.4. The zero-order valence-electron chi connectivity index (χ0n) is 17.5. The van der Waals surface area contributed by atoms with Crippen molar-refractivity contribution in [2.24, 2.45) is 0 Å². The van der Waals surface area contributed by atoms with E-state index < -0.39 is 17.2 Å². The molecule has 0 unspecified atom stereocenters. The number of ether oxygens (including phenoxy) is 2. The van der Waals surface area contributed by atoms with E-state index in [4.69, 9.17) is 9.47 Å². The first-order valence-electron chi connectivity index (χ1n) is 9.68. The van der Waals surface area contributed by atoms with Gasteiger partial charge in [-0.15, -0.1) is 0 Å². The van der Waals surface area contributed by atoms with Gasteiger partial charge in [-0.2, -0.15) is 5.26 Å². The number of benzene rings is 2. The summed E-state index contributed by atoms with van der Waals surface area (Å²) in [6.45, 7) is 3.62. The summed E-state index contributed by atoms with van der Waals surface area (Å²) < 4.78 is 11.7. The predicted octanol–water partition coefficient (Wildman–Crippen LogP) is 3.42. The molecule has 1 heterocycles. The first-order chi connectivity index (χ1) is 14.9. The van der Waals surface area contributed by atoms with E-state index in [1.54, 1.807) is 62.6 Å². The summed E-state index contributed by atoms with van der Waals surface area (Å²) in [4.78, 5) is 26.2. The second-order valence-corrected chi connectivity index (χ2v) is 6.81. The molecule has 158 valence electrons. The monoisotopic (exact) mass is 418 g/mol. The maximum Gasteiger partial charge on any atom is 0.271 e. The van der Waals surface area contributed by atoms with Crippen LogP contribution < -0.4 is 15.0 Å². The average molecular weight is 418 g/mol. The fourth-order valence-corrected chi connectivity index (χ4v) is 3.35. The van der Waals surface area contributed by atoms with E-state index in [0.29, 0.717) is 23.7 Å². The molecule has 0 aliphatic carbocycles. The van der Waals surface area contributed by atoms with Crippen LogP contribution in [0.1, 0.15) is 39.5 Å². The largest absolute Gasteiger partial charge is 0.497 e. The van der Waals surface area contributed by atoms with Crippen molar-refractivity contribution in [1.29, 1.82) is 5.26 Å². The summed E-state index contributed by atoms with van der Waals surface area (Å²) in [5.41, 5.74) is 0.107. The lowest BCUT2D eigenvalue weighted by Gasteiger charge is -2.17. The highest BCUT2D eigenvalue weighted by molar-refractivity contribution is 6.13. The third-order valence-corrected chi connectivity index (χ3v) is 4.96. The van der Waals surface area contributed by atoms with Gasteiger partial charge in [-0.05, 0) is 49.2 Å². The second-order valence-electron chi connectivity index (χ2n) is 6.81. The molecule has 0 spiro atoms. The van der Waals surface area contributed by atoms with Gasteiger partial charge in [0.2, 0.25) is 11.7 Å². The van der Waals surface area contributed by atoms with Crippen molar-refractivity contribution in [2.45, 2.75) is 20.4 Å². The minimum atomic E-state index is -0.664. The van der Waals surface area contributed by atoms with E-state index in [2.05, 4.69) is 0 Å². The van der Waals surface area contributed by atoms with E-state index >= 15 is 0 Å². The number of hydrogen-bond acceptors (Lipinski definition) is 6. The van der Waals surface area contributed by atoms with Crippen molar-refractivity contribution < 1.29 is 19.4 Å². The first-order valence-corrected chi connectivity index (χ1v) is 9.68. The van der Waals surface area contributed by atoms with Crippen molar-refractivity contribution >= 4 is 5.78 Å². The van der Waals surface area contributed by atoms with Crippen molar-refractivity contribution in [3.05, 3.63) is 86.7 Å². The number of pyridine rings is 1. The summed E-state index contributed by atoms with van der Waals surface area (Å²) in [6.07, 6.45) is 0. The van der Waals surface area contributed by atoms with Gasteiger partial charge < -0.3 is 14.6 Å². The Morgan fingerprint density at radius 2 is 1.84 bits per heavy atom. The van der Waals surface area contributed by atoms with E-state index in [1.165, 1.54) is 6.92 Å². The highest BCUT2D eigenvalue weighted by Crippen LogP contribution is 2.29. The van der Waals surface area contributed by atoms with Gasteiger partial charge in [0.25, 0.3) is 5.56 Å². The lowest BCUT2D eigenvalue weighted by Crippen LogP contribution is -2.27. The molecule has 1 N–H and O–H groups in total. The fourth-order valence-electron chi connectivity index (χ4n) is 3.35. The SMILES string of the molecule is CCOc1ccccc1C(=O)c1c(C)c(C#N)c(=O)n(Cc2ccc(OC)cc2)c1O. The van der Waals surface area contributed by atoms with Crippen LogP contribution in [0.4, 0.5) is 0 Å². The molecule has 0 amide bonds. The highest BCUT2D eigenvalue weighted by atomic mass is 16.5. The summed E-state index contributed by atoms with van der Waals surface area (Å²) in [7, 11) is 1.54. The van der Waals surface area contributed by atoms with Crippen LogP contribution in [0, 0.1) is 18.3 Å². The number of nitrogens with zero attached hydrogens (tertiary/aromatic N) is 2. The van der Waals surface area contributed by atoms with Crippen molar-refractivity contribution in [2.75, 3.05) is 13.7 Å². The fraction of sp³-hybridized carbons (Fsp3) is 0.208. The number of para-hydroxylation sites is 1. The molecule has 3 rings (SSSR count). The molecule has 3 aromatic rings. The third kappa shape index (κ3) is 4.14. The van der Waals surface area contributed by atoms with Gasteiger partial charge in [-0.25, -0.2) is 0 Å². The Morgan fingerprint density at radius 1 is 1.16 bits per heavy atom. The minimum absolute atomic E-state index is 0.0169. The first kappa shape index (κ1) is 21.7. The molecule has 0 fully saturated rings. The Balaban J connectivity index is 2.17. The van der Waals surface area contributed by atoms with Gasteiger partial charge in [0.05, 0.1) is 31.4 Å². The second kappa shape index (κ2) is 9.18.